The molecule has 0 aromatic rings. The molecule has 0 bridgehead atoms. The molecule has 0 aromatic carbocycles. The van der Waals surface area contributed by atoms with Crippen LogP contribution in [0, 0.1) is 0 Å². The standard InChI is InChI=1S/C10H20N2O/c1-2-4-12(5-3-1)6-7-13-10-8-11-9-10/h10-11H,1-9H2. The maximum Gasteiger partial charge on any atom is 0.0824 e. The summed E-state index contributed by atoms with van der Waals surface area (Å²) in [5, 5.41) is 3.21. The van der Waals surface area contributed by atoms with Crippen molar-refractivity contribution in [3.05, 3.63) is 0 Å². The average Bonchev–Trinajstić information content (AvgIpc) is 2.11. The van der Waals surface area contributed by atoms with Crippen LogP contribution in [0.1, 0.15) is 19.3 Å². The van der Waals surface area contributed by atoms with Crippen molar-refractivity contribution in [2.45, 2.75) is 25.4 Å². The van der Waals surface area contributed by atoms with E-state index in [0.29, 0.717) is 6.10 Å². The Hall–Kier alpha value is -0.120. The van der Waals surface area contributed by atoms with Gasteiger partial charge in [-0.05, 0) is 25.9 Å². The number of rotatable bonds is 4. The van der Waals surface area contributed by atoms with Crippen molar-refractivity contribution >= 4 is 0 Å². The van der Waals surface area contributed by atoms with Gasteiger partial charge < -0.3 is 15.0 Å². The largest absolute Gasteiger partial charge is 0.374 e. The first-order chi connectivity index (χ1) is 6.45. The lowest BCUT2D eigenvalue weighted by molar-refractivity contribution is 0.00575. The maximum atomic E-state index is 5.68. The lowest BCUT2D eigenvalue weighted by Gasteiger charge is -2.30. The molecule has 3 nitrogen and oxygen atoms in total. The fourth-order valence-corrected chi connectivity index (χ4v) is 1.91. The predicted octanol–water partition coefficient (Wildman–Crippen LogP) is 0.461. The number of nitrogens with one attached hydrogen (secondary N) is 1. The Balaban J connectivity index is 1.50. The van der Waals surface area contributed by atoms with Crippen LogP contribution in [0.5, 0.6) is 0 Å². The molecule has 0 unspecified atom stereocenters. The molecule has 2 rings (SSSR count). The second-order valence-electron chi connectivity index (χ2n) is 4.05. The maximum absolute atomic E-state index is 5.68. The lowest BCUT2D eigenvalue weighted by atomic mass is 10.1. The van der Waals surface area contributed by atoms with Gasteiger partial charge >= 0.3 is 0 Å². The highest BCUT2D eigenvalue weighted by Crippen LogP contribution is 2.08. The molecule has 2 fully saturated rings. The van der Waals surface area contributed by atoms with E-state index in [1.165, 1.54) is 32.4 Å². The molecule has 0 aliphatic carbocycles. The van der Waals surface area contributed by atoms with Gasteiger partial charge in [0.2, 0.25) is 0 Å². The molecule has 76 valence electrons. The summed E-state index contributed by atoms with van der Waals surface area (Å²) in [6.45, 7) is 6.74. The molecule has 0 atom stereocenters. The van der Waals surface area contributed by atoms with E-state index in [1.54, 1.807) is 0 Å². The number of hydrogen-bond acceptors (Lipinski definition) is 3. The summed E-state index contributed by atoms with van der Waals surface area (Å²) in [6, 6.07) is 0. The first-order valence-electron chi connectivity index (χ1n) is 5.50. The molecule has 0 spiro atoms. The molecule has 0 amide bonds. The van der Waals surface area contributed by atoms with Crippen molar-refractivity contribution in [2.24, 2.45) is 0 Å². The third-order valence-electron chi connectivity index (χ3n) is 2.95. The van der Waals surface area contributed by atoms with Crippen molar-refractivity contribution in [3.63, 3.8) is 0 Å². The average molecular weight is 184 g/mol. The van der Waals surface area contributed by atoms with E-state index in [-0.39, 0.29) is 0 Å². The zero-order valence-corrected chi connectivity index (χ0v) is 8.30. The molecule has 2 saturated heterocycles. The third-order valence-corrected chi connectivity index (χ3v) is 2.95. The Morgan fingerprint density at radius 1 is 1.15 bits per heavy atom. The zero-order valence-electron chi connectivity index (χ0n) is 8.30. The molecule has 2 aliphatic heterocycles. The molecule has 0 radical (unpaired) electrons. The zero-order chi connectivity index (χ0) is 8.93. The molecule has 2 aliphatic rings. The highest BCUT2D eigenvalue weighted by molar-refractivity contribution is 4.75. The van der Waals surface area contributed by atoms with Gasteiger partial charge in [0.05, 0.1) is 12.7 Å². The number of ether oxygens (including phenoxy) is 1. The summed E-state index contributed by atoms with van der Waals surface area (Å²) in [5.41, 5.74) is 0. The summed E-state index contributed by atoms with van der Waals surface area (Å²) >= 11 is 0. The molecule has 3 heteroatoms. The van der Waals surface area contributed by atoms with Gasteiger partial charge in [-0.3, -0.25) is 0 Å². The van der Waals surface area contributed by atoms with Crippen molar-refractivity contribution < 1.29 is 4.74 Å². The van der Waals surface area contributed by atoms with Crippen LogP contribution < -0.4 is 5.32 Å². The highest BCUT2D eigenvalue weighted by Gasteiger charge is 2.17. The Morgan fingerprint density at radius 3 is 2.54 bits per heavy atom. The Kier molecular flexibility index (Phi) is 3.58. The van der Waals surface area contributed by atoms with Crippen LogP contribution in [0.4, 0.5) is 0 Å². The SMILES string of the molecule is C1CCN(CCOC2CNC2)CC1. The minimum Gasteiger partial charge on any atom is -0.374 e. The highest BCUT2D eigenvalue weighted by atomic mass is 16.5. The van der Waals surface area contributed by atoms with Gasteiger partial charge in [0, 0.05) is 19.6 Å². The monoisotopic (exact) mass is 184 g/mol. The van der Waals surface area contributed by atoms with Gasteiger partial charge in [-0.2, -0.15) is 0 Å². The fourth-order valence-electron chi connectivity index (χ4n) is 1.91. The Labute approximate surface area is 80.4 Å². The van der Waals surface area contributed by atoms with E-state index in [4.69, 9.17) is 4.74 Å². The van der Waals surface area contributed by atoms with Crippen molar-refractivity contribution in [1.82, 2.24) is 10.2 Å². The predicted molar refractivity (Wildman–Crippen MR) is 52.9 cm³/mol. The number of piperidine rings is 1. The minimum atomic E-state index is 0.504. The number of likely N-dealkylation sites (tertiary alicyclic amines) is 1. The van der Waals surface area contributed by atoms with Crippen LogP contribution in [-0.4, -0.2) is 50.3 Å². The molecule has 0 saturated carbocycles. The van der Waals surface area contributed by atoms with E-state index in [1.807, 2.05) is 0 Å². The van der Waals surface area contributed by atoms with E-state index in [0.717, 1.165) is 26.2 Å². The van der Waals surface area contributed by atoms with Crippen molar-refractivity contribution in [1.29, 1.82) is 0 Å². The summed E-state index contributed by atoms with van der Waals surface area (Å²) in [7, 11) is 0. The second-order valence-corrected chi connectivity index (χ2v) is 4.05. The van der Waals surface area contributed by atoms with Gasteiger partial charge in [-0.1, -0.05) is 6.42 Å². The topological polar surface area (TPSA) is 24.5 Å². The Morgan fingerprint density at radius 2 is 1.92 bits per heavy atom. The lowest BCUT2D eigenvalue weighted by Crippen LogP contribution is -2.49. The molecule has 2 heterocycles. The summed E-state index contributed by atoms with van der Waals surface area (Å²) in [5.74, 6) is 0. The summed E-state index contributed by atoms with van der Waals surface area (Å²) in [6.07, 6.45) is 4.68. The summed E-state index contributed by atoms with van der Waals surface area (Å²) in [4.78, 5) is 2.52. The van der Waals surface area contributed by atoms with E-state index < -0.39 is 0 Å². The Bertz CT molecular complexity index is 142. The van der Waals surface area contributed by atoms with E-state index >= 15 is 0 Å². The van der Waals surface area contributed by atoms with Crippen LogP contribution in [-0.2, 0) is 4.74 Å². The quantitative estimate of drug-likeness (QED) is 0.687. The van der Waals surface area contributed by atoms with Crippen molar-refractivity contribution in [3.8, 4) is 0 Å². The van der Waals surface area contributed by atoms with Gasteiger partial charge in [0.15, 0.2) is 0 Å². The van der Waals surface area contributed by atoms with Crippen LogP contribution in [0.15, 0.2) is 0 Å². The van der Waals surface area contributed by atoms with Crippen LogP contribution in [0.25, 0.3) is 0 Å². The van der Waals surface area contributed by atoms with Crippen LogP contribution in [0.2, 0.25) is 0 Å². The first kappa shape index (κ1) is 9.44. The van der Waals surface area contributed by atoms with Gasteiger partial charge in [-0.25, -0.2) is 0 Å². The minimum absolute atomic E-state index is 0.504. The van der Waals surface area contributed by atoms with E-state index in [2.05, 4.69) is 10.2 Å². The van der Waals surface area contributed by atoms with Gasteiger partial charge in [0.1, 0.15) is 0 Å². The van der Waals surface area contributed by atoms with E-state index in [9.17, 15) is 0 Å². The molecule has 13 heavy (non-hydrogen) atoms. The first-order valence-corrected chi connectivity index (χ1v) is 5.50. The normalized spacial score (nSPS) is 25.8. The molecule has 1 N–H and O–H groups in total. The second kappa shape index (κ2) is 4.94. The third kappa shape index (κ3) is 2.93. The number of hydrogen-bond donors (Lipinski definition) is 1. The smallest absolute Gasteiger partial charge is 0.0824 e. The van der Waals surface area contributed by atoms with Crippen LogP contribution >= 0.6 is 0 Å². The van der Waals surface area contributed by atoms with Crippen LogP contribution in [0.3, 0.4) is 0 Å². The van der Waals surface area contributed by atoms with Gasteiger partial charge in [-0.15, -0.1) is 0 Å². The molecular weight excluding hydrogens is 164 g/mol. The van der Waals surface area contributed by atoms with Crippen molar-refractivity contribution in [2.75, 3.05) is 39.3 Å². The fraction of sp³-hybridized carbons (Fsp3) is 1.00. The number of nitrogens with zero attached hydrogens (tertiary/aromatic N) is 1. The summed E-state index contributed by atoms with van der Waals surface area (Å²) < 4.78 is 5.68. The van der Waals surface area contributed by atoms with Gasteiger partial charge in [0.25, 0.3) is 0 Å². The molecular formula is C10H20N2O. The molecule has 0 aromatic heterocycles.